The predicted octanol–water partition coefficient (Wildman–Crippen LogP) is 3.37. The highest BCUT2D eigenvalue weighted by atomic mass is 32.2. The maximum atomic E-state index is 8.79. The fraction of sp³-hybridized carbons (Fsp3) is 0.750. The molecular formula is C12H18N4S3. The number of thioether (sulfide) groups is 1. The van der Waals surface area contributed by atoms with E-state index >= 15 is 0 Å². The summed E-state index contributed by atoms with van der Waals surface area (Å²) in [7, 11) is 0. The van der Waals surface area contributed by atoms with Crippen molar-refractivity contribution in [1.82, 2.24) is 14.7 Å². The molecule has 1 aliphatic carbocycles. The summed E-state index contributed by atoms with van der Waals surface area (Å²) in [5, 5.41) is 13.3. The van der Waals surface area contributed by atoms with E-state index in [1.165, 1.54) is 12.8 Å². The molecule has 7 heteroatoms. The van der Waals surface area contributed by atoms with Gasteiger partial charge in [0.1, 0.15) is 0 Å². The summed E-state index contributed by atoms with van der Waals surface area (Å²) in [5.74, 6) is 0.784. The van der Waals surface area contributed by atoms with Gasteiger partial charge >= 0.3 is 0 Å². The minimum atomic E-state index is 0.509. The monoisotopic (exact) mass is 314 g/mol. The van der Waals surface area contributed by atoms with Crippen molar-refractivity contribution in [3.05, 3.63) is 3.95 Å². The summed E-state index contributed by atoms with van der Waals surface area (Å²) in [6.45, 7) is 3.75. The molecule has 1 aromatic heterocycles. The molecule has 0 bridgehead atoms. The van der Waals surface area contributed by atoms with Crippen LogP contribution in [0, 0.1) is 21.2 Å². The summed E-state index contributed by atoms with van der Waals surface area (Å²) in [6.07, 6.45) is 5.19. The van der Waals surface area contributed by atoms with E-state index in [-0.39, 0.29) is 0 Å². The number of hydrogen-bond donors (Lipinski definition) is 0. The van der Waals surface area contributed by atoms with E-state index in [0.29, 0.717) is 19.1 Å². The first kappa shape index (κ1) is 15.0. The Morgan fingerprint density at radius 1 is 1.68 bits per heavy atom. The Bertz CT molecular complexity index is 512. The Kier molecular flexibility index (Phi) is 5.39. The van der Waals surface area contributed by atoms with Gasteiger partial charge in [-0.1, -0.05) is 23.1 Å². The van der Waals surface area contributed by atoms with Crippen molar-refractivity contribution in [2.24, 2.45) is 5.92 Å². The van der Waals surface area contributed by atoms with E-state index in [0.717, 1.165) is 20.8 Å². The lowest BCUT2D eigenvalue weighted by atomic mass is 10.2. The van der Waals surface area contributed by atoms with Crippen molar-refractivity contribution in [2.45, 2.75) is 43.2 Å². The van der Waals surface area contributed by atoms with Gasteiger partial charge < -0.3 is 0 Å². The normalized spacial score (nSPS) is 16.5. The zero-order chi connectivity index (χ0) is 13.8. The van der Waals surface area contributed by atoms with Crippen LogP contribution in [0.25, 0.3) is 0 Å². The molecular weight excluding hydrogens is 296 g/mol. The molecule has 2 rings (SSSR count). The van der Waals surface area contributed by atoms with E-state index in [1.54, 1.807) is 23.1 Å². The lowest BCUT2D eigenvalue weighted by Gasteiger charge is -2.28. The molecule has 0 saturated heterocycles. The first-order valence-corrected chi connectivity index (χ1v) is 8.83. The maximum Gasteiger partial charge on any atom is 0.181 e. The number of nitrogens with zero attached hydrogens (tertiary/aromatic N) is 4. The topological polar surface area (TPSA) is 44.9 Å². The van der Waals surface area contributed by atoms with Crippen molar-refractivity contribution in [2.75, 3.05) is 12.8 Å². The summed E-state index contributed by atoms with van der Waals surface area (Å²) >= 11 is 8.53. The Hall–Kier alpha value is -0.420. The fourth-order valence-corrected chi connectivity index (χ4v) is 3.84. The summed E-state index contributed by atoms with van der Waals surface area (Å²) in [4.78, 5) is 2.33. The van der Waals surface area contributed by atoms with Crippen LogP contribution in [0.5, 0.6) is 0 Å². The Morgan fingerprint density at radius 2 is 2.42 bits per heavy atom. The predicted molar refractivity (Wildman–Crippen MR) is 81.8 cm³/mol. The van der Waals surface area contributed by atoms with Crippen LogP contribution in [0.1, 0.15) is 26.2 Å². The van der Waals surface area contributed by atoms with Crippen LogP contribution in [0.2, 0.25) is 0 Å². The third-order valence-corrected chi connectivity index (χ3v) is 5.75. The van der Waals surface area contributed by atoms with Gasteiger partial charge in [0.25, 0.3) is 0 Å². The molecule has 1 heterocycles. The zero-order valence-electron chi connectivity index (χ0n) is 11.2. The molecule has 0 radical (unpaired) electrons. The number of nitriles is 1. The second kappa shape index (κ2) is 6.84. The minimum absolute atomic E-state index is 0.509. The second-order valence-electron chi connectivity index (χ2n) is 4.78. The molecule has 0 aromatic carbocycles. The fourth-order valence-electron chi connectivity index (χ4n) is 2.10. The largest absolute Gasteiger partial charge is 0.280 e. The van der Waals surface area contributed by atoms with Crippen molar-refractivity contribution in [3.63, 3.8) is 0 Å². The molecule has 19 heavy (non-hydrogen) atoms. The van der Waals surface area contributed by atoms with Crippen LogP contribution < -0.4 is 0 Å². The van der Waals surface area contributed by atoms with Gasteiger partial charge in [-0.05, 0) is 44.2 Å². The van der Waals surface area contributed by atoms with Crippen LogP contribution in [-0.2, 0) is 6.67 Å². The van der Waals surface area contributed by atoms with Crippen molar-refractivity contribution in [3.8, 4) is 6.07 Å². The first-order chi connectivity index (χ1) is 9.15. The molecule has 0 spiro atoms. The summed E-state index contributed by atoms with van der Waals surface area (Å²) in [6, 6.07) is 2.74. The Balaban J connectivity index is 2.07. The van der Waals surface area contributed by atoms with Crippen LogP contribution >= 0.6 is 35.3 Å². The quantitative estimate of drug-likeness (QED) is 0.570. The van der Waals surface area contributed by atoms with Crippen molar-refractivity contribution >= 4 is 35.3 Å². The van der Waals surface area contributed by atoms with Crippen LogP contribution in [-0.4, -0.2) is 33.5 Å². The summed E-state index contributed by atoms with van der Waals surface area (Å²) in [5.41, 5.74) is 0. The van der Waals surface area contributed by atoms with Gasteiger partial charge in [-0.3, -0.25) is 4.90 Å². The first-order valence-electron chi connectivity index (χ1n) is 6.38. The average molecular weight is 315 g/mol. The average Bonchev–Trinajstić information content (AvgIpc) is 3.19. The Labute approximate surface area is 127 Å². The molecule has 4 nitrogen and oxygen atoms in total. The standard InChI is InChI=1S/C12H18N4S3/c1-9(10-4-5-10)15(7-3-6-13)8-16-12(17)19-11(14-16)18-2/h9-10H,3-5,7-8H2,1-2H3/t9-/m0/s1. The van der Waals surface area contributed by atoms with Gasteiger partial charge in [0, 0.05) is 19.0 Å². The molecule has 1 aromatic rings. The highest BCUT2D eigenvalue weighted by Gasteiger charge is 2.32. The molecule has 104 valence electrons. The lowest BCUT2D eigenvalue weighted by molar-refractivity contribution is 0.140. The van der Waals surface area contributed by atoms with Crippen molar-refractivity contribution in [1.29, 1.82) is 5.26 Å². The lowest BCUT2D eigenvalue weighted by Crippen LogP contribution is -2.37. The molecule has 0 unspecified atom stereocenters. The van der Waals surface area contributed by atoms with E-state index < -0.39 is 0 Å². The van der Waals surface area contributed by atoms with E-state index in [9.17, 15) is 0 Å². The molecule has 0 aliphatic heterocycles. The molecule has 1 saturated carbocycles. The molecule has 1 fully saturated rings. The van der Waals surface area contributed by atoms with Gasteiger partial charge in [0.15, 0.2) is 8.29 Å². The molecule has 1 aliphatic rings. The zero-order valence-corrected chi connectivity index (χ0v) is 13.7. The molecule has 1 atom stereocenters. The van der Waals surface area contributed by atoms with E-state index in [1.807, 2.05) is 10.9 Å². The van der Waals surface area contributed by atoms with Gasteiger partial charge in [0.2, 0.25) is 0 Å². The molecule has 0 N–H and O–H groups in total. The second-order valence-corrected chi connectivity index (χ2v) is 7.45. The third kappa shape index (κ3) is 4.02. The third-order valence-electron chi connectivity index (χ3n) is 3.47. The number of hydrogen-bond acceptors (Lipinski definition) is 6. The SMILES string of the molecule is CSc1nn(CN(CCC#N)[C@@H](C)C2CC2)c(=S)s1. The van der Waals surface area contributed by atoms with Crippen LogP contribution in [0.4, 0.5) is 0 Å². The highest BCUT2D eigenvalue weighted by molar-refractivity contribution is 8.00. The van der Waals surface area contributed by atoms with Gasteiger partial charge in [-0.25, -0.2) is 4.68 Å². The number of aromatic nitrogens is 2. The Morgan fingerprint density at radius 3 is 2.95 bits per heavy atom. The van der Waals surface area contributed by atoms with E-state index in [4.69, 9.17) is 17.5 Å². The van der Waals surface area contributed by atoms with Crippen LogP contribution in [0.3, 0.4) is 0 Å². The van der Waals surface area contributed by atoms with Gasteiger partial charge in [0.05, 0.1) is 12.7 Å². The maximum absolute atomic E-state index is 8.79. The van der Waals surface area contributed by atoms with Gasteiger partial charge in [-0.15, -0.1) is 0 Å². The number of rotatable bonds is 7. The van der Waals surface area contributed by atoms with Crippen LogP contribution in [0.15, 0.2) is 4.34 Å². The minimum Gasteiger partial charge on any atom is -0.280 e. The van der Waals surface area contributed by atoms with Gasteiger partial charge in [-0.2, -0.15) is 10.4 Å². The smallest absolute Gasteiger partial charge is 0.181 e. The molecule has 0 amide bonds. The van der Waals surface area contributed by atoms with E-state index in [2.05, 4.69) is 23.0 Å². The highest BCUT2D eigenvalue weighted by Crippen LogP contribution is 2.35. The van der Waals surface area contributed by atoms with Crippen molar-refractivity contribution < 1.29 is 0 Å². The summed E-state index contributed by atoms with van der Waals surface area (Å²) < 4.78 is 3.71.